The van der Waals surface area contributed by atoms with Crippen molar-refractivity contribution in [2.24, 2.45) is 0 Å². The first-order valence-corrected chi connectivity index (χ1v) is 8.36. The fourth-order valence-electron chi connectivity index (χ4n) is 2.41. The smallest absolute Gasteiger partial charge is 0.184 e. The number of ketones is 1. The van der Waals surface area contributed by atoms with E-state index in [1.165, 1.54) is 5.57 Å². The maximum Gasteiger partial charge on any atom is 0.184 e. The first kappa shape index (κ1) is 19.7. The number of carbonyl (C=O) groups excluding carboxylic acids is 1. The molecule has 0 N–H and O–H groups in total. The molecule has 0 spiro atoms. The van der Waals surface area contributed by atoms with Crippen molar-refractivity contribution in [2.45, 2.75) is 46.5 Å². The number of allylic oxidation sites excluding steroid dienone is 12. The van der Waals surface area contributed by atoms with Gasteiger partial charge in [-0.2, -0.15) is 0 Å². The lowest BCUT2D eigenvalue weighted by Gasteiger charge is -2.12. The van der Waals surface area contributed by atoms with Crippen molar-refractivity contribution in [1.82, 2.24) is 0 Å². The van der Waals surface area contributed by atoms with Crippen LogP contribution in [0.4, 0.5) is 0 Å². The fourth-order valence-corrected chi connectivity index (χ4v) is 2.41. The number of rotatable bonds is 5. The van der Waals surface area contributed by atoms with Crippen LogP contribution in [0.1, 0.15) is 46.5 Å². The molecule has 0 aliphatic heterocycles. The van der Waals surface area contributed by atoms with Gasteiger partial charge in [0.2, 0.25) is 0 Å². The van der Waals surface area contributed by atoms with Crippen molar-refractivity contribution in [1.29, 1.82) is 0 Å². The Bertz CT molecular complexity index is 637. The van der Waals surface area contributed by atoms with Crippen LogP contribution in [0, 0.1) is 0 Å². The van der Waals surface area contributed by atoms with Crippen molar-refractivity contribution in [3.05, 3.63) is 83.9 Å². The zero-order valence-electron chi connectivity index (χ0n) is 15.1. The SMILES string of the molecule is C=C.CC1=CC=C(C(=O)/C(C)=C/C=C(\C)OC2=CC=CCC2)CC1. The van der Waals surface area contributed by atoms with Crippen molar-refractivity contribution < 1.29 is 9.53 Å². The Hall–Kier alpha value is -2.35. The van der Waals surface area contributed by atoms with Crippen molar-refractivity contribution in [3.8, 4) is 0 Å². The molecule has 2 rings (SSSR count). The lowest BCUT2D eigenvalue weighted by atomic mass is 9.93. The molecule has 0 aromatic heterocycles. The highest BCUT2D eigenvalue weighted by molar-refractivity contribution is 6.08. The Kier molecular flexibility index (Phi) is 8.56. The van der Waals surface area contributed by atoms with Crippen LogP contribution in [0.5, 0.6) is 0 Å². The Morgan fingerprint density at radius 3 is 2.42 bits per heavy atom. The van der Waals surface area contributed by atoms with Crippen LogP contribution in [0.3, 0.4) is 0 Å². The summed E-state index contributed by atoms with van der Waals surface area (Å²) in [4.78, 5) is 12.4. The summed E-state index contributed by atoms with van der Waals surface area (Å²) in [5, 5.41) is 0. The van der Waals surface area contributed by atoms with E-state index in [4.69, 9.17) is 4.74 Å². The molecule has 2 aliphatic rings. The minimum absolute atomic E-state index is 0.132. The molecule has 0 bridgehead atoms. The van der Waals surface area contributed by atoms with E-state index in [2.05, 4.69) is 26.2 Å². The van der Waals surface area contributed by atoms with Gasteiger partial charge in [-0.15, -0.1) is 13.2 Å². The molecule has 0 heterocycles. The van der Waals surface area contributed by atoms with Crippen molar-refractivity contribution in [2.75, 3.05) is 0 Å². The van der Waals surface area contributed by atoms with Crippen LogP contribution < -0.4 is 0 Å². The highest BCUT2D eigenvalue weighted by Crippen LogP contribution is 2.21. The van der Waals surface area contributed by atoms with E-state index in [9.17, 15) is 4.79 Å². The molecule has 2 aliphatic carbocycles. The molecular formula is C22H28O2. The van der Waals surface area contributed by atoms with E-state index in [1.807, 2.05) is 50.3 Å². The predicted molar refractivity (Wildman–Crippen MR) is 102 cm³/mol. The van der Waals surface area contributed by atoms with Gasteiger partial charge in [0, 0.05) is 12.0 Å². The van der Waals surface area contributed by atoms with Crippen LogP contribution in [-0.2, 0) is 9.53 Å². The lowest BCUT2D eigenvalue weighted by Crippen LogP contribution is -2.06. The van der Waals surface area contributed by atoms with Gasteiger partial charge in [-0.3, -0.25) is 4.79 Å². The average molecular weight is 324 g/mol. The Morgan fingerprint density at radius 1 is 1.08 bits per heavy atom. The maximum atomic E-state index is 12.4. The highest BCUT2D eigenvalue weighted by Gasteiger charge is 2.13. The van der Waals surface area contributed by atoms with E-state index >= 15 is 0 Å². The third kappa shape index (κ3) is 6.41. The van der Waals surface area contributed by atoms with Gasteiger partial charge in [-0.1, -0.05) is 36.0 Å². The third-order valence-corrected chi connectivity index (χ3v) is 3.84. The topological polar surface area (TPSA) is 26.3 Å². The molecule has 0 fully saturated rings. The summed E-state index contributed by atoms with van der Waals surface area (Å²) >= 11 is 0. The molecule has 2 heteroatoms. The molecule has 0 saturated heterocycles. The lowest BCUT2D eigenvalue weighted by molar-refractivity contribution is -0.112. The van der Waals surface area contributed by atoms with Gasteiger partial charge in [0.05, 0.1) is 0 Å². The van der Waals surface area contributed by atoms with Gasteiger partial charge in [-0.05, 0) is 57.8 Å². The zero-order valence-corrected chi connectivity index (χ0v) is 15.1. The Morgan fingerprint density at radius 2 is 1.83 bits per heavy atom. The standard InChI is InChI=1S/C20H24O2.C2H4/c1-15-9-13-18(14-10-15)20(21)16(2)11-12-17(3)22-19-7-5-4-6-8-19;1-2/h4-5,7,9,11-13H,6,8,10,14H2,1-3H3;1-2H2/b16-11+,17-12+;. The first-order valence-electron chi connectivity index (χ1n) is 8.36. The van der Waals surface area contributed by atoms with Gasteiger partial charge < -0.3 is 4.74 Å². The molecule has 0 unspecified atom stereocenters. The third-order valence-electron chi connectivity index (χ3n) is 3.84. The van der Waals surface area contributed by atoms with Gasteiger partial charge in [0.1, 0.15) is 11.5 Å². The van der Waals surface area contributed by atoms with Crippen molar-refractivity contribution in [3.63, 3.8) is 0 Å². The summed E-state index contributed by atoms with van der Waals surface area (Å²) in [5.74, 6) is 1.92. The first-order chi connectivity index (χ1) is 11.6. The quantitative estimate of drug-likeness (QED) is 0.263. The van der Waals surface area contributed by atoms with Crippen LogP contribution in [0.25, 0.3) is 0 Å². The van der Waals surface area contributed by atoms with Gasteiger partial charge in [0.15, 0.2) is 5.78 Å². The second-order valence-electron chi connectivity index (χ2n) is 5.86. The number of hydrogen-bond acceptors (Lipinski definition) is 2. The summed E-state index contributed by atoms with van der Waals surface area (Å²) < 4.78 is 5.77. The molecular weight excluding hydrogens is 296 g/mol. The predicted octanol–water partition coefficient (Wildman–Crippen LogP) is 6.12. The Balaban J connectivity index is 0.00000139. The summed E-state index contributed by atoms with van der Waals surface area (Å²) in [6, 6.07) is 0. The van der Waals surface area contributed by atoms with Gasteiger partial charge in [0.25, 0.3) is 0 Å². The minimum Gasteiger partial charge on any atom is -0.466 e. The van der Waals surface area contributed by atoms with Crippen LogP contribution in [-0.4, -0.2) is 5.78 Å². The van der Waals surface area contributed by atoms with E-state index in [0.29, 0.717) is 0 Å². The molecule has 0 amide bonds. The van der Waals surface area contributed by atoms with Gasteiger partial charge >= 0.3 is 0 Å². The highest BCUT2D eigenvalue weighted by atomic mass is 16.5. The van der Waals surface area contributed by atoms with Crippen LogP contribution >= 0.6 is 0 Å². The second-order valence-corrected chi connectivity index (χ2v) is 5.86. The largest absolute Gasteiger partial charge is 0.466 e. The van der Waals surface area contributed by atoms with E-state index in [0.717, 1.165) is 48.3 Å². The summed E-state index contributed by atoms with van der Waals surface area (Å²) in [5.41, 5.74) is 2.98. The normalized spacial score (nSPS) is 17.9. The molecule has 0 atom stereocenters. The van der Waals surface area contributed by atoms with E-state index in [1.54, 1.807) is 0 Å². The fraction of sp³-hybridized carbons (Fsp3) is 0.318. The molecule has 128 valence electrons. The summed E-state index contributed by atoms with van der Waals surface area (Å²) in [7, 11) is 0. The second kappa shape index (κ2) is 10.4. The van der Waals surface area contributed by atoms with Crippen molar-refractivity contribution >= 4 is 5.78 Å². The summed E-state index contributed by atoms with van der Waals surface area (Å²) in [6.07, 6.45) is 17.6. The monoisotopic (exact) mass is 324 g/mol. The molecule has 2 nitrogen and oxygen atoms in total. The number of Topliss-reactive ketones (excluding diaryl/α,β-unsaturated/α-hetero) is 1. The zero-order chi connectivity index (χ0) is 17.9. The number of hydrogen-bond donors (Lipinski definition) is 0. The number of carbonyl (C=O) groups is 1. The average Bonchev–Trinajstić information content (AvgIpc) is 2.62. The number of ether oxygens (including phenoxy) is 1. The Labute approximate surface area is 146 Å². The van der Waals surface area contributed by atoms with Crippen LogP contribution in [0.2, 0.25) is 0 Å². The van der Waals surface area contributed by atoms with E-state index in [-0.39, 0.29) is 5.78 Å². The molecule has 0 aromatic carbocycles. The van der Waals surface area contributed by atoms with Gasteiger partial charge in [-0.25, -0.2) is 0 Å². The minimum atomic E-state index is 0.132. The molecule has 0 saturated carbocycles. The molecule has 24 heavy (non-hydrogen) atoms. The van der Waals surface area contributed by atoms with E-state index < -0.39 is 0 Å². The van der Waals surface area contributed by atoms with Crippen LogP contribution in [0.15, 0.2) is 83.9 Å². The summed E-state index contributed by atoms with van der Waals surface area (Å²) in [6.45, 7) is 11.9. The molecule has 0 aromatic rings. The molecule has 0 radical (unpaired) electrons. The maximum absolute atomic E-state index is 12.4.